The third-order valence-electron chi connectivity index (χ3n) is 3.15. The lowest BCUT2D eigenvalue weighted by Gasteiger charge is -2.18. The number of aromatic nitrogens is 2. The first-order chi connectivity index (χ1) is 9.81. The normalized spacial score (nSPS) is 11.2. The molecule has 1 aromatic heterocycles. The standard InChI is InChI=1S/C16H23N3O/c1-3-10-19(11-4-2)13-16-18-17-15(20-16)12-14-8-6-5-7-9-14/h5-9H,3-4,10-13H2,1-2H3. The van der Waals surface area contributed by atoms with Crippen molar-refractivity contribution in [2.24, 2.45) is 0 Å². The second-order valence-corrected chi connectivity index (χ2v) is 5.03. The highest BCUT2D eigenvalue weighted by molar-refractivity contribution is 5.17. The Bertz CT molecular complexity index is 489. The summed E-state index contributed by atoms with van der Waals surface area (Å²) in [6.07, 6.45) is 2.99. The van der Waals surface area contributed by atoms with E-state index in [4.69, 9.17) is 4.42 Å². The van der Waals surface area contributed by atoms with Gasteiger partial charge in [-0.2, -0.15) is 0 Å². The molecule has 108 valence electrons. The van der Waals surface area contributed by atoms with Crippen LogP contribution in [0, 0.1) is 0 Å². The summed E-state index contributed by atoms with van der Waals surface area (Å²) in [6.45, 7) is 7.28. The molecule has 4 nitrogen and oxygen atoms in total. The predicted octanol–water partition coefficient (Wildman–Crippen LogP) is 3.28. The summed E-state index contributed by atoms with van der Waals surface area (Å²) in [5.41, 5.74) is 1.20. The van der Waals surface area contributed by atoms with Gasteiger partial charge in [0.2, 0.25) is 11.8 Å². The Balaban J connectivity index is 1.94. The van der Waals surface area contributed by atoms with Gasteiger partial charge in [0.15, 0.2) is 0 Å². The van der Waals surface area contributed by atoms with E-state index in [0.717, 1.165) is 38.4 Å². The summed E-state index contributed by atoms with van der Waals surface area (Å²) in [4.78, 5) is 2.36. The van der Waals surface area contributed by atoms with Gasteiger partial charge in [-0.25, -0.2) is 0 Å². The molecule has 0 aliphatic carbocycles. The third kappa shape index (κ3) is 4.46. The van der Waals surface area contributed by atoms with Gasteiger partial charge in [-0.05, 0) is 31.5 Å². The Labute approximate surface area is 120 Å². The molecule has 20 heavy (non-hydrogen) atoms. The molecule has 0 atom stereocenters. The molecule has 1 aromatic carbocycles. The second kappa shape index (κ2) is 7.80. The zero-order valence-corrected chi connectivity index (χ0v) is 12.4. The van der Waals surface area contributed by atoms with Crippen LogP contribution >= 0.6 is 0 Å². The van der Waals surface area contributed by atoms with Gasteiger partial charge in [-0.3, -0.25) is 4.90 Å². The summed E-state index contributed by atoms with van der Waals surface area (Å²) in [5, 5.41) is 8.30. The molecule has 0 spiro atoms. The first kappa shape index (κ1) is 14.7. The molecule has 0 aliphatic heterocycles. The summed E-state index contributed by atoms with van der Waals surface area (Å²) < 4.78 is 5.75. The van der Waals surface area contributed by atoms with Crippen LogP contribution in [0.4, 0.5) is 0 Å². The SMILES string of the molecule is CCCN(CCC)Cc1nnc(Cc2ccccc2)o1. The van der Waals surface area contributed by atoms with E-state index in [1.165, 1.54) is 5.56 Å². The lowest BCUT2D eigenvalue weighted by atomic mass is 10.2. The molecule has 2 aromatic rings. The Hall–Kier alpha value is -1.68. The van der Waals surface area contributed by atoms with Gasteiger partial charge in [0.25, 0.3) is 0 Å². The summed E-state index contributed by atoms with van der Waals surface area (Å²) >= 11 is 0. The molecule has 0 N–H and O–H groups in total. The van der Waals surface area contributed by atoms with Gasteiger partial charge in [-0.15, -0.1) is 10.2 Å². The van der Waals surface area contributed by atoms with E-state index in [1.807, 2.05) is 18.2 Å². The number of nitrogens with zero attached hydrogens (tertiary/aromatic N) is 3. The van der Waals surface area contributed by atoms with Crippen LogP contribution in [0.5, 0.6) is 0 Å². The fourth-order valence-electron chi connectivity index (χ4n) is 2.29. The molecule has 0 amide bonds. The van der Waals surface area contributed by atoms with E-state index in [-0.39, 0.29) is 0 Å². The molecule has 2 rings (SSSR count). The average Bonchev–Trinajstić information content (AvgIpc) is 2.88. The highest BCUT2D eigenvalue weighted by atomic mass is 16.4. The van der Waals surface area contributed by atoms with E-state index < -0.39 is 0 Å². The minimum absolute atomic E-state index is 0.694. The van der Waals surface area contributed by atoms with Crippen molar-refractivity contribution in [2.75, 3.05) is 13.1 Å². The summed E-state index contributed by atoms with van der Waals surface area (Å²) in [7, 11) is 0. The van der Waals surface area contributed by atoms with Crippen molar-refractivity contribution in [1.82, 2.24) is 15.1 Å². The van der Waals surface area contributed by atoms with Crippen LogP contribution in [0.25, 0.3) is 0 Å². The van der Waals surface area contributed by atoms with E-state index in [9.17, 15) is 0 Å². The van der Waals surface area contributed by atoms with Crippen molar-refractivity contribution in [3.63, 3.8) is 0 Å². The van der Waals surface area contributed by atoms with E-state index in [2.05, 4.69) is 41.1 Å². The quantitative estimate of drug-likeness (QED) is 0.740. The first-order valence-electron chi connectivity index (χ1n) is 7.39. The van der Waals surface area contributed by atoms with Crippen LogP contribution in [0.1, 0.15) is 44.0 Å². The molecular formula is C16H23N3O. The number of benzene rings is 1. The van der Waals surface area contributed by atoms with E-state index in [1.54, 1.807) is 0 Å². The minimum Gasteiger partial charge on any atom is -0.424 e. The Morgan fingerprint density at radius 2 is 1.60 bits per heavy atom. The maximum Gasteiger partial charge on any atom is 0.230 e. The molecule has 1 heterocycles. The van der Waals surface area contributed by atoms with Crippen LogP contribution in [0.3, 0.4) is 0 Å². The van der Waals surface area contributed by atoms with Crippen molar-refractivity contribution >= 4 is 0 Å². The lowest BCUT2D eigenvalue weighted by molar-refractivity contribution is 0.237. The van der Waals surface area contributed by atoms with Crippen LogP contribution in [-0.2, 0) is 13.0 Å². The fourth-order valence-corrected chi connectivity index (χ4v) is 2.29. The second-order valence-electron chi connectivity index (χ2n) is 5.03. The lowest BCUT2D eigenvalue weighted by Crippen LogP contribution is -2.25. The molecule has 0 fully saturated rings. The van der Waals surface area contributed by atoms with Crippen LogP contribution in [0.15, 0.2) is 34.7 Å². The summed E-state index contributed by atoms with van der Waals surface area (Å²) in [6, 6.07) is 10.2. The fraction of sp³-hybridized carbons (Fsp3) is 0.500. The maximum atomic E-state index is 5.75. The molecular weight excluding hydrogens is 250 g/mol. The average molecular weight is 273 g/mol. The molecule has 0 saturated carbocycles. The minimum atomic E-state index is 0.694. The van der Waals surface area contributed by atoms with E-state index >= 15 is 0 Å². The smallest absolute Gasteiger partial charge is 0.230 e. The number of rotatable bonds is 8. The zero-order valence-electron chi connectivity index (χ0n) is 12.4. The highest BCUT2D eigenvalue weighted by Crippen LogP contribution is 2.10. The topological polar surface area (TPSA) is 42.2 Å². The third-order valence-corrected chi connectivity index (χ3v) is 3.15. The van der Waals surface area contributed by atoms with Gasteiger partial charge < -0.3 is 4.42 Å². The Morgan fingerprint density at radius 3 is 2.25 bits per heavy atom. The molecule has 0 saturated heterocycles. The van der Waals surface area contributed by atoms with Gasteiger partial charge in [0.05, 0.1) is 13.0 Å². The van der Waals surface area contributed by atoms with Crippen molar-refractivity contribution in [1.29, 1.82) is 0 Å². The zero-order chi connectivity index (χ0) is 14.2. The molecule has 4 heteroatoms. The molecule has 0 unspecified atom stereocenters. The monoisotopic (exact) mass is 273 g/mol. The maximum absolute atomic E-state index is 5.75. The predicted molar refractivity (Wildman–Crippen MR) is 79.4 cm³/mol. The van der Waals surface area contributed by atoms with Crippen LogP contribution < -0.4 is 0 Å². The molecule has 0 bridgehead atoms. The molecule has 0 radical (unpaired) electrons. The van der Waals surface area contributed by atoms with Crippen LogP contribution in [-0.4, -0.2) is 28.2 Å². The number of hydrogen-bond donors (Lipinski definition) is 0. The summed E-state index contributed by atoms with van der Waals surface area (Å²) in [5.74, 6) is 1.41. The van der Waals surface area contributed by atoms with Gasteiger partial charge >= 0.3 is 0 Å². The Morgan fingerprint density at radius 1 is 0.950 bits per heavy atom. The van der Waals surface area contributed by atoms with Crippen molar-refractivity contribution in [3.05, 3.63) is 47.7 Å². The number of hydrogen-bond acceptors (Lipinski definition) is 4. The van der Waals surface area contributed by atoms with Gasteiger partial charge in [0, 0.05) is 0 Å². The molecule has 0 aliphatic rings. The highest BCUT2D eigenvalue weighted by Gasteiger charge is 2.11. The first-order valence-corrected chi connectivity index (χ1v) is 7.39. The van der Waals surface area contributed by atoms with Gasteiger partial charge in [0.1, 0.15) is 0 Å². The van der Waals surface area contributed by atoms with Crippen LogP contribution in [0.2, 0.25) is 0 Å². The van der Waals surface area contributed by atoms with Crippen molar-refractivity contribution in [2.45, 2.75) is 39.7 Å². The van der Waals surface area contributed by atoms with Crippen molar-refractivity contribution < 1.29 is 4.42 Å². The van der Waals surface area contributed by atoms with E-state index in [0.29, 0.717) is 12.3 Å². The van der Waals surface area contributed by atoms with Crippen molar-refractivity contribution in [3.8, 4) is 0 Å². The Kier molecular flexibility index (Phi) is 5.74. The van der Waals surface area contributed by atoms with Gasteiger partial charge in [-0.1, -0.05) is 44.2 Å². The largest absolute Gasteiger partial charge is 0.424 e.